The first-order valence-electron chi connectivity index (χ1n) is 19.7. The van der Waals surface area contributed by atoms with Crippen LogP contribution < -0.4 is 4.90 Å². The first kappa shape index (κ1) is 25.8. The Morgan fingerprint density at radius 1 is 0.396 bits per heavy atom. The Labute approximate surface area is 311 Å². The molecule has 11 aromatic rings. The van der Waals surface area contributed by atoms with Crippen LogP contribution in [0.1, 0.15) is 5.48 Å². The van der Waals surface area contributed by atoms with E-state index < -0.39 is 0 Å². The molecule has 11 rings (SSSR count). The molecular weight excluding hydrogens is 647 g/mol. The predicted molar refractivity (Wildman–Crippen MR) is 222 cm³/mol. The molecule has 2 aromatic heterocycles. The van der Waals surface area contributed by atoms with Crippen molar-refractivity contribution in [3.05, 3.63) is 188 Å². The van der Waals surface area contributed by atoms with Crippen molar-refractivity contribution in [2.24, 2.45) is 0 Å². The van der Waals surface area contributed by atoms with Crippen molar-refractivity contribution in [2.45, 2.75) is 0 Å². The van der Waals surface area contributed by atoms with Crippen molar-refractivity contribution in [3.63, 3.8) is 0 Å². The van der Waals surface area contributed by atoms with Crippen LogP contribution in [-0.2, 0) is 0 Å². The molecule has 248 valence electrons. The highest BCUT2D eigenvalue weighted by Crippen LogP contribution is 2.45. The molecule has 0 spiro atoms. The van der Waals surface area contributed by atoms with E-state index in [9.17, 15) is 5.48 Å². The van der Waals surface area contributed by atoms with E-state index in [0.29, 0.717) is 28.1 Å². The lowest BCUT2D eigenvalue weighted by Crippen LogP contribution is -2.10. The highest BCUT2D eigenvalue weighted by atomic mass is 16.3. The maximum Gasteiger partial charge on any atom is 0.143 e. The molecular formula is C50H31NO2. The van der Waals surface area contributed by atoms with Crippen LogP contribution in [0.3, 0.4) is 0 Å². The van der Waals surface area contributed by atoms with E-state index in [2.05, 4.69) is 66.7 Å². The minimum atomic E-state index is -0.158. The number of fused-ring (bicyclic) bond motifs is 9. The lowest BCUT2D eigenvalue weighted by atomic mass is 9.97. The van der Waals surface area contributed by atoms with E-state index in [4.69, 9.17) is 8.83 Å². The number of furan rings is 2. The Balaban J connectivity index is 1.18. The van der Waals surface area contributed by atoms with Gasteiger partial charge in [-0.1, -0.05) is 127 Å². The molecule has 53 heavy (non-hydrogen) atoms. The number of rotatable bonds is 5. The minimum Gasteiger partial charge on any atom is -0.456 e. The molecule has 0 aliphatic rings. The zero-order valence-corrected chi connectivity index (χ0v) is 28.4. The standard InChI is InChI=1S/C50H31NO2/c1-3-15-39-33(10-1)12-8-18-40(39)36-13-7-14-38(30-36)51(45-19-9-21-48-49(45)43-28-24-34-11-2-4-16-41(34)50(43)53-48)37-26-22-32(23-27-37)35-25-29-47-44(31-35)42-17-5-6-20-46(42)52-47/h1-31H/i22D,23D,26D,27D. The quantitative estimate of drug-likeness (QED) is 0.181. The molecule has 0 aliphatic carbocycles. The molecule has 0 saturated carbocycles. The minimum absolute atomic E-state index is 0.136. The van der Waals surface area contributed by atoms with Gasteiger partial charge in [-0.25, -0.2) is 0 Å². The van der Waals surface area contributed by atoms with Crippen LogP contribution in [0.25, 0.3) is 87.7 Å². The van der Waals surface area contributed by atoms with E-state index in [1.807, 2.05) is 102 Å². The maximum atomic E-state index is 9.71. The van der Waals surface area contributed by atoms with Crippen molar-refractivity contribution in [3.8, 4) is 22.3 Å². The molecule has 0 N–H and O–H groups in total. The number of nitrogens with zero attached hydrogens (tertiary/aromatic N) is 1. The monoisotopic (exact) mass is 681 g/mol. The highest BCUT2D eigenvalue weighted by Gasteiger charge is 2.21. The van der Waals surface area contributed by atoms with Gasteiger partial charge in [-0.05, 0) is 99.0 Å². The van der Waals surface area contributed by atoms with Crippen LogP contribution in [-0.4, -0.2) is 0 Å². The summed E-state index contributed by atoms with van der Waals surface area (Å²) in [6.07, 6.45) is 0. The van der Waals surface area contributed by atoms with Crippen molar-refractivity contribution in [1.82, 2.24) is 0 Å². The summed E-state index contributed by atoms with van der Waals surface area (Å²) < 4.78 is 51.1. The summed E-state index contributed by atoms with van der Waals surface area (Å²) >= 11 is 0. The van der Waals surface area contributed by atoms with E-state index in [0.717, 1.165) is 65.4 Å². The average Bonchev–Trinajstić information content (AvgIpc) is 3.83. The molecule has 3 nitrogen and oxygen atoms in total. The van der Waals surface area contributed by atoms with Crippen molar-refractivity contribution in [1.29, 1.82) is 0 Å². The summed E-state index contributed by atoms with van der Waals surface area (Å²) in [5.74, 6) is 0. The number of para-hydroxylation sites is 1. The fourth-order valence-electron chi connectivity index (χ4n) is 7.84. The Morgan fingerprint density at radius 2 is 1.09 bits per heavy atom. The van der Waals surface area contributed by atoms with Gasteiger partial charge in [-0.3, -0.25) is 0 Å². The third-order valence-corrected chi connectivity index (χ3v) is 10.3. The predicted octanol–water partition coefficient (Wildman–Crippen LogP) is 14.6. The van der Waals surface area contributed by atoms with Crippen LogP contribution in [0, 0.1) is 0 Å². The molecule has 0 amide bonds. The van der Waals surface area contributed by atoms with E-state index in [1.54, 1.807) is 0 Å². The van der Waals surface area contributed by atoms with Crippen LogP contribution in [0.2, 0.25) is 0 Å². The summed E-state index contributed by atoms with van der Waals surface area (Å²) in [7, 11) is 0. The molecule has 0 aliphatic heterocycles. The summed E-state index contributed by atoms with van der Waals surface area (Å²) in [4.78, 5) is 1.87. The number of anilines is 3. The SMILES string of the molecule is [2H]c1c([2H])c(N(c2cccc(-c3cccc4ccccc34)c2)c2cccc3oc4c5ccccc5ccc4c23)c([2H])c([2H])c1-c1ccc2oc3ccccc3c2c1. The maximum absolute atomic E-state index is 9.71. The molecule has 0 unspecified atom stereocenters. The van der Waals surface area contributed by atoms with Crippen molar-refractivity contribution in [2.75, 3.05) is 4.90 Å². The van der Waals surface area contributed by atoms with Gasteiger partial charge in [0.15, 0.2) is 0 Å². The third-order valence-electron chi connectivity index (χ3n) is 10.3. The molecule has 0 saturated heterocycles. The second kappa shape index (κ2) is 11.7. The summed E-state index contributed by atoms with van der Waals surface area (Å²) in [6, 6.07) is 53.4. The fraction of sp³-hybridized carbons (Fsp3) is 0. The van der Waals surface area contributed by atoms with Gasteiger partial charge in [0.2, 0.25) is 0 Å². The largest absolute Gasteiger partial charge is 0.456 e. The first-order chi connectivity index (χ1) is 27.9. The number of hydrogen-bond donors (Lipinski definition) is 0. The second-order valence-corrected chi connectivity index (χ2v) is 13.4. The van der Waals surface area contributed by atoms with Crippen LogP contribution in [0.15, 0.2) is 197 Å². The average molecular weight is 682 g/mol. The lowest BCUT2D eigenvalue weighted by molar-refractivity contribution is 0.669. The van der Waals surface area contributed by atoms with Gasteiger partial charge >= 0.3 is 0 Å². The van der Waals surface area contributed by atoms with E-state index in [-0.39, 0.29) is 35.4 Å². The van der Waals surface area contributed by atoms with E-state index >= 15 is 0 Å². The highest BCUT2D eigenvalue weighted by molar-refractivity contribution is 6.19. The fourth-order valence-corrected chi connectivity index (χ4v) is 7.84. The normalized spacial score (nSPS) is 12.8. The molecule has 2 heterocycles. The van der Waals surface area contributed by atoms with Crippen LogP contribution in [0.4, 0.5) is 17.1 Å². The molecule has 3 heteroatoms. The lowest BCUT2D eigenvalue weighted by Gasteiger charge is -2.27. The first-order valence-corrected chi connectivity index (χ1v) is 17.7. The Kier molecular flexibility index (Phi) is 5.71. The van der Waals surface area contributed by atoms with Gasteiger partial charge in [-0.15, -0.1) is 0 Å². The molecule has 0 bridgehead atoms. The Hall–Kier alpha value is -7.10. The summed E-state index contributed by atoms with van der Waals surface area (Å²) in [6.45, 7) is 0. The van der Waals surface area contributed by atoms with E-state index in [1.165, 1.54) is 0 Å². The van der Waals surface area contributed by atoms with Gasteiger partial charge in [0.1, 0.15) is 22.3 Å². The Bertz CT molecular complexity index is 3400. The van der Waals surface area contributed by atoms with Crippen LogP contribution >= 0.6 is 0 Å². The van der Waals surface area contributed by atoms with Gasteiger partial charge in [-0.2, -0.15) is 0 Å². The summed E-state index contributed by atoms with van der Waals surface area (Å²) in [5.41, 5.74) is 7.15. The zero-order chi connectivity index (χ0) is 38.4. The summed E-state index contributed by atoms with van der Waals surface area (Å²) in [5, 5.41) is 7.74. The molecule has 0 atom stereocenters. The number of benzene rings is 9. The van der Waals surface area contributed by atoms with Gasteiger partial charge in [0, 0.05) is 32.9 Å². The molecule has 0 fully saturated rings. The zero-order valence-electron chi connectivity index (χ0n) is 32.4. The molecule has 9 aromatic carbocycles. The van der Waals surface area contributed by atoms with Gasteiger partial charge in [0.05, 0.1) is 16.6 Å². The van der Waals surface area contributed by atoms with Crippen molar-refractivity contribution < 1.29 is 14.3 Å². The van der Waals surface area contributed by atoms with Crippen LogP contribution in [0.5, 0.6) is 0 Å². The van der Waals surface area contributed by atoms with Gasteiger partial charge < -0.3 is 13.7 Å². The number of hydrogen-bond acceptors (Lipinski definition) is 3. The topological polar surface area (TPSA) is 29.5 Å². The Morgan fingerprint density at radius 3 is 1.98 bits per heavy atom. The van der Waals surface area contributed by atoms with Crippen molar-refractivity contribution >= 4 is 82.5 Å². The second-order valence-electron chi connectivity index (χ2n) is 13.4. The smallest absolute Gasteiger partial charge is 0.143 e. The molecule has 0 radical (unpaired) electrons. The van der Waals surface area contributed by atoms with Gasteiger partial charge in [0.25, 0.3) is 0 Å². The third kappa shape index (κ3) is 4.75.